The molecule has 2 fully saturated rings. The van der Waals surface area contributed by atoms with Gasteiger partial charge in [0.1, 0.15) is 0 Å². The van der Waals surface area contributed by atoms with E-state index in [1.165, 1.54) is 57.9 Å². The summed E-state index contributed by atoms with van der Waals surface area (Å²) in [4.78, 5) is 2.83. The van der Waals surface area contributed by atoms with Crippen molar-refractivity contribution in [1.29, 1.82) is 0 Å². The fourth-order valence-electron chi connectivity index (χ4n) is 4.38. The van der Waals surface area contributed by atoms with Crippen LogP contribution in [0.5, 0.6) is 0 Å². The van der Waals surface area contributed by atoms with Crippen molar-refractivity contribution < 1.29 is 0 Å². The van der Waals surface area contributed by atoms with Crippen LogP contribution in [0.2, 0.25) is 0 Å². The van der Waals surface area contributed by atoms with E-state index in [1.807, 2.05) is 0 Å². The molecular weight excluding hydrogens is 220 g/mol. The second kappa shape index (κ2) is 6.91. The summed E-state index contributed by atoms with van der Waals surface area (Å²) in [5, 5.41) is 0. The van der Waals surface area contributed by atoms with E-state index in [-0.39, 0.29) is 0 Å². The van der Waals surface area contributed by atoms with Crippen LogP contribution in [0.4, 0.5) is 0 Å². The van der Waals surface area contributed by atoms with Gasteiger partial charge in [-0.3, -0.25) is 4.90 Å². The highest BCUT2D eigenvalue weighted by Crippen LogP contribution is 2.37. The van der Waals surface area contributed by atoms with Crippen molar-refractivity contribution in [3.05, 3.63) is 0 Å². The SMILES string of the molecule is CCCC1CCC(CN)C(N2CCCC2CC)C1. The van der Waals surface area contributed by atoms with E-state index in [4.69, 9.17) is 5.73 Å². The summed E-state index contributed by atoms with van der Waals surface area (Å²) in [6.45, 7) is 6.91. The second-order valence-corrected chi connectivity index (χ2v) is 6.47. The fraction of sp³-hybridized carbons (Fsp3) is 1.00. The smallest absolute Gasteiger partial charge is 0.0141 e. The molecule has 18 heavy (non-hydrogen) atoms. The number of hydrogen-bond acceptors (Lipinski definition) is 2. The van der Waals surface area contributed by atoms with E-state index in [0.717, 1.165) is 30.5 Å². The first-order valence-corrected chi connectivity index (χ1v) is 8.25. The molecule has 0 amide bonds. The minimum atomic E-state index is 0.769. The molecule has 1 saturated carbocycles. The molecule has 0 bridgehead atoms. The third-order valence-electron chi connectivity index (χ3n) is 5.38. The summed E-state index contributed by atoms with van der Waals surface area (Å²) < 4.78 is 0. The Morgan fingerprint density at radius 1 is 1.17 bits per heavy atom. The highest BCUT2D eigenvalue weighted by molar-refractivity contribution is 4.92. The van der Waals surface area contributed by atoms with Crippen LogP contribution < -0.4 is 5.73 Å². The minimum Gasteiger partial charge on any atom is -0.330 e. The van der Waals surface area contributed by atoms with Gasteiger partial charge in [0.25, 0.3) is 0 Å². The van der Waals surface area contributed by atoms with Crippen LogP contribution in [0.15, 0.2) is 0 Å². The first-order chi connectivity index (χ1) is 8.80. The Balaban J connectivity index is 2.01. The Bertz CT molecular complexity index is 241. The number of nitrogens with zero attached hydrogens (tertiary/aromatic N) is 1. The Morgan fingerprint density at radius 3 is 2.67 bits per heavy atom. The molecule has 2 N–H and O–H groups in total. The molecule has 1 saturated heterocycles. The molecule has 2 aliphatic rings. The molecular formula is C16H32N2. The average molecular weight is 252 g/mol. The van der Waals surface area contributed by atoms with Gasteiger partial charge < -0.3 is 5.73 Å². The van der Waals surface area contributed by atoms with Gasteiger partial charge in [-0.25, -0.2) is 0 Å². The maximum atomic E-state index is 6.04. The zero-order chi connectivity index (χ0) is 13.0. The van der Waals surface area contributed by atoms with E-state index < -0.39 is 0 Å². The molecule has 0 aromatic rings. The van der Waals surface area contributed by atoms with Crippen molar-refractivity contribution in [3.8, 4) is 0 Å². The molecule has 4 atom stereocenters. The number of rotatable bonds is 5. The Labute approximate surface area is 113 Å². The van der Waals surface area contributed by atoms with Crippen molar-refractivity contribution in [2.45, 2.75) is 77.3 Å². The van der Waals surface area contributed by atoms with E-state index in [1.54, 1.807) is 0 Å². The molecule has 1 heterocycles. The maximum Gasteiger partial charge on any atom is 0.0141 e. The first kappa shape index (κ1) is 14.3. The Kier molecular flexibility index (Phi) is 5.50. The largest absolute Gasteiger partial charge is 0.330 e. The summed E-state index contributed by atoms with van der Waals surface area (Å²) >= 11 is 0. The van der Waals surface area contributed by atoms with Gasteiger partial charge in [-0.1, -0.05) is 33.1 Å². The molecule has 0 radical (unpaired) electrons. The molecule has 106 valence electrons. The van der Waals surface area contributed by atoms with Gasteiger partial charge in [-0.2, -0.15) is 0 Å². The number of nitrogens with two attached hydrogens (primary N) is 1. The molecule has 2 rings (SSSR count). The van der Waals surface area contributed by atoms with Gasteiger partial charge in [-0.15, -0.1) is 0 Å². The molecule has 4 unspecified atom stereocenters. The van der Waals surface area contributed by atoms with Gasteiger partial charge in [-0.05, 0) is 57.0 Å². The molecule has 0 aromatic carbocycles. The van der Waals surface area contributed by atoms with E-state index in [9.17, 15) is 0 Å². The normalized spacial score (nSPS) is 38.2. The first-order valence-electron chi connectivity index (χ1n) is 8.25. The zero-order valence-electron chi connectivity index (χ0n) is 12.4. The molecule has 2 heteroatoms. The number of hydrogen-bond donors (Lipinski definition) is 1. The molecule has 1 aliphatic heterocycles. The summed E-state index contributed by atoms with van der Waals surface area (Å²) in [7, 11) is 0. The molecule has 2 nitrogen and oxygen atoms in total. The summed E-state index contributed by atoms with van der Waals surface area (Å²) in [5.74, 6) is 1.74. The van der Waals surface area contributed by atoms with Crippen molar-refractivity contribution in [2.75, 3.05) is 13.1 Å². The lowest BCUT2D eigenvalue weighted by molar-refractivity contribution is 0.0679. The van der Waals surface area contributed by atoms with Crippen molar-refractivity contribution >= 4 is 0 Å². The van der Waals surface area contributed by atoms with E-state index in [0.29, 0.717) is 0 Å². The highest BCUT2D eigenvalue weighted by Gasteiger charge is 2.37. The van der Waals surface area contributed by atoms with Crippen LogP contribution in [-0.2, 0) is 0 Å². The molecule has 0 spiro atoms. The average Bonchev–Trinajstić information content (AvgIpc) is 2.87. The van der Waals surface area contributed by atoms with Gasteiger partial charge >= 0.3 is 0 Å². The van der Waals surface area contributed by atoms with Crippen LogP contribution in [0.3, 0.4) is 0 Å². The third-order valence-corrected chi connectivity index (χ3v) is 5.38. The Morgan fingerprint density at radius 2 is 2.00 bits per heavy atom. The molecule has 1 aliphatic carbocycles. The lowest BCUT2D eigenvalue weighted by atomic mass is 9.75. The summed E-state index contributed by atoms with van der Waals surface area (Å²) in [6, 6.07) is 1.65. The topological polar surface area (TPSA) is 29.3 Å². The van der Waals surface area contributed by atoms with E-state index in [2.05, 4.69) is 18.7 Å². The number of likely N-dealkylation sites (tertiary alicyclic amines) is 1. The van der Waals surface area contributed by atoms with E-state index >= 15 is 0 Å². The van der Waals surface area contributed by atoms with Crippen LogP contribution in [0.25, 0.3) is 0 Å². The van der Waals surface area contributed by atoms with Gasteiger partial charge in [0.05, 0.1) is 0 Å². The standard InChI is InChI=1S/C16H32N2/c1-3-6-13-8-9-14(12-17)16(11-13)18-10-5-7-15(18)4-2/h13-16H,3-12,17H2,1-2H3. The lowest BCUT2D eigenvalue weighted by Gasteiger charge is -2.43. The predicted molar refractivity (Wildman–Crippen MR) is 78.6 cm³/mol. The quantitative estimate of drug-likeness (QED) is 0.812. The van der Waals surface area contributed by atoms with Gasteiger partial charge in [0.15, 0.2) is 0 Å². The predicted octanol–water partition coefficient (Wildman–Crippen LogP) is 3.40. The monoisotopic (exact) mass is 252 g/mol. The van der Waals surface area contributed by atoms with Crippen molar-refractivity contribution in [2.24, 2.45) is 17.6 Å². The van der Waals surface area contributed by atoms with Crippen LogP contribution in [0.1, 0.15) is 65.2 Å². The zero-order valence-corrected chi connectivity index (χ0v) is 12.4. The second-order valence-electron chi connectivity index (χ2n) is 6.47. The van der Waals surface area contributed by atoms with Crippen molar-refractivity contribution in [1.82, 2.24) is 4.90 Å². The third kappa shape index (κ3) is 3.08. The highest BCUT2D eigenvalue weighted by atomic mass is 15.2. The summed E-state index contributed by atoms with van der Waals surface area (Å²) in [6.07, 6.45) is 11.2. The van der Waals surface area contributed by atoms with Crippen LogP contribution in [0, 0.1) is 11.8 Å². The van der Waals surface area contributed by atoms with Gasteiger partial charge in [0, 0.05) is 12.1 Å². The van der Waals surface area contributed by atoms with Crippen molar-refractivity contribution in [3.63, 3.8) is 0 Å². The van der Waals surface area contributed by atoms with Crippen LogP contribution >= 0.6 is 0 Å². The minimum absolute atomic E-state index is 0.769. The summed E-state index contributed by atoms with van der Waals surface area (Å²) in [5.41, 5.74) is 6.04. The molecule has 0 aromatic heterocycles. The van der Waals surface area contributed by atoms with Gasteiger partial charge in [0.2, 0.25) is 0 Å². The fourth-order valence-corrected chi connectivity index (χ4v) is 4.38. The maximum absolute atomic E-state index is 6.04. The lowest BCUT2D eigenvalue weighted by Crippen LogP contribution is -2.48. The Hall–Kier alpha value is -0.0800. The van der Waals surface area contributed by atoms with Crippen LogP contribution in [-0.4, -0.2) is 30.1 Å².